The lowest BCUT2D eigenvalue weighted by molar-refractivity contribution is 0.00667. The molecule has 1 aliphatic rings. The molecule has 136 valence electrons. The molecule has 1 saturated heterocycles. The topological polar surface area (TPSA) is 77.8 Å². The Morgan fingerprint density at radius 3 is 2.81 bits per heavy atom. The van der Waals surface area contributed by atoms with Gasteiger partial charge in [0.1, 0.15) is 17.0 Å². The molecule has 1 atom stereocenters. The Kier molecular flexibility index (Phi) is 4.06. The maximum absolute atomic E-state index is 5.22. The van der Waals surface area contributed by atoms with E-state index in [1.165, 1.54) is 5.56 Å². The van der Waals surface area contributed by atoms with Crippen molar-refractivity contribution in [2.24, 2.45) is 0 Å². The van der Waals surface area contributed by atoms with Crippen molar-refractivity contribution in [1.82, 2.24) is 25.0 Å². The fraction of sp³-hybridized carbons (Fsp3) is 0.263. The molecule has 4 aromatic rings. The van der Waals surface area contributed by atoms with E-state index < -0.39 is 0 Å². The Bertz CT molecular complexity index is 1070. The van der Waals surface area contributed by atoms with Gasteiger partial charge in [-0.3, -0.25) is 0 Å². The number of hydrogen-bond acceptors (Lipinski definition) is 7. The molecule has 1 fully saturated rings. The highest BCUT2D eigenvalue weighted by Crippen LogP contribution is 2.27. The molecular formula is C19H18N6OS. The van der Waals surface area contributed by atoms with Crippen LogP contribution in [0.2, 0.25) is 0 Å². The van der Waals surface area contributed by atoms with E-state index in [0.717, 1.165) is 40.6 Å². The molecule has 0 saturated carbocycles. The van der Waals surface area contributed by atoms with E-state index in [0.29, 0.717) is 5.92 Å². The second kappa shape index (κ2) is 6.71. The van der Waals surface area contributed by atoms with E-state index >= 15 is 0 Å². The fourth-order valence-corrected chi connectivity index (χ4v) is 3.84. The molecule has 0 radical (unpaired) electrons. The number of fused-ring (bicyclic) bond motifs is 1. The Morgan fingerprint density at radius 2 is 2.04 bits per heavy atom. The monoisotopic (exact) mass is 378 g/mol. The van der Waals surface area contributed by atoms with Crippen molar-refractivity contribution >= 4 is 27.4 Å². The largest absolute Gasteiger partial charge is 0.380 e. The third-order valence-electron chi connectivity index (χ3n) is 4.84. The highest BCUT2D eigenvalue weighted by Gasteiger charge is 2.23. The molecule has 0 spiro atoms. The standard InChI is InChI=1S/C19H18N6OS/c1-12(22-18-16-6-7-27-19(16)21-11-20-18)13-2-4-15(5-3-13)25-8-17(23-24-25)14-9-26-10-14/h2-8,11-12,14H,9-10H2,1H3,(H,20,21,22). The normalized spacial score (nSPS) is 15.6. The second-order valence-electron chi connectivity index (χ2n) is 6.64. The third kappa shape index (κ3) is 3.07. The summed E-state index contributed by atoms with van der Waals surface area (Å²) in [5.74, 6) is 1.24. The molecule has 7 nitrogen and oxygen atoms in total. The van der Waals surface area contributed by atoms with Gasteiger partial charge in [0.05, 0.1) is 42.1 Å². The average Bonchev–Trinajstić information content (AvgIpc) is 3.30. The number of anilines is 1. The number of nitrogens with one attached hydrogen (secondary N) is 1. The van der Waals surface area contributed by atoms with Crippen LogP contribution in [0.15, 0.2) is 48.2 Å². The average molecular weight is 378 g/mol. The molecule has 1 unspecified atom stereocenters. The first-order valence-electron chi connectivity index (χ1n) is 8.83. The molecule has 0 amide bonds. The number of nitrogens with zero attached hydrogens (tertiary/aromatic N) is 5. The summed E-state index contributed by atoms with van der Waals surface area (Å²) in [6.45, 7) is 3.60. The van der Waals surface area contributed by atoms with Crippen LogP contribution in [-0.2, 0) is 4.74 Å². The van der Waals surface area contributed by atoms with Crippen LogP contribution >= 0.6 is 11.3 Å². The molecule has 1 aromatic carbocycles. The smallest absolute Gasteiger partial charge is 0.138 e. The number of aromatic nitrogens is 5. The molecule has 3 aromatic heterocycles. The Hall–Kier alpha value is -2.84. The van der Waals surface area contributed by atoms with Crippen molar-refractivity contribution in [3.8, 4) is 5.69 Å². The van der Waals surface area contributed by atoms with Crippen LogP contribution in [0.4, 0.5) is 5.82 Å². The number of benzene rings is 1. The zero-order valence-electron chi connectivity index (χ0n) is 14.7. The zero-order valence-corrected chi connectivity index (χ0v) is 15.6. The van der Waals surface area contributed by atoms with Gasteiger partial charge in [0.15, 0.2) is 0 Å². The molecular weight excluding hydrogens is 360 g/mol. The summed E-state index contributed by atoms with van der Waals surface area (Å²) in [5, 5.41) is 15.1. The van der Waals surface area contributed by atoms with Gasteiger partial charge in [-0.25, -0.2) is 14.6 Å². The molecule has 0 aliphatic carbocycles. The summed E-state index contributed by atoms with van der Waals surface area (Å²) in [6, 6.07) is 10.5. The molecule has 5 rings (SSSR count). The number of thiophene rings is 1. The van der Waals surface area contributed by atoms with E-state index in [2.05, 4.69) is 56.8 Å². The third-order valence-corrected chi connectivity index (χ3v) is 5.66. The Balaban J connectivity index is 1.33. The molecule has 1 aliphatic heterocycles. The number of rotatable bonds is 5. The van der Waals surface area contributed by atoms with Crippen LogP contribution in [-0.4, -0.2) is 38.2 Å². The van der Waals surface area contributed by atoms with E-state index in [-0.39, 0.29) is 6.04 Å². The van der Waals surface area contributed by atoms with Gasteiger partial charge in [0, 0.05) is 6.04 Å². The van der Waals surface area contributed by atoms with Crippen molar-refractivity contribution in [1.29, 1.82) is 0 Å². The number of hydrogen-bond donors (Lipinski definition) is 1. The first-order chi connectivity index (χ1) is 13.3. The van der Waals surface area contributed by atoms with E-state index in [1.54, 1.807) is 17.7 Å². The van der Waals surface area contributed by atoms with Crippen LogP contribution in [0.3, 0.4) is 0 Å². The van der Waals surface area contributed by atoms with Gasteiger partial charge in [-0.1, -0.05) is 17.3 Å². The van der Waals surface area contributed by atoms with Crippen molar-refractivity contribution < 1.29 is 4.74 Å². The van der Waals surface area contributed by atoms with Gasteiger partial charge in [0.2, 0.25) is 0 Å². The van der Waals surface area contributed by atoms with E-state index in [9.17, 15) is 0 Å². The van der Waals surface area contributed by atoms with Gasteiger partial charge >= 0.3 is 0 Å². The van der Waals surface area contributed by atoms with Crippen LogP contribution in [0, 0.1) is 0 Å². The van der Waals surface area contributed by atoms with Crippen molar-refractivity contribution in [3.63, 3.8) is 0 Å². The van der Waals surface area contributed by atoms with Gasteiger partial charge in [-0.05, 0) is 36.1 Å². The SMILES string of the molecule is CC(Nc1ncnc2sccc12)c1ccc(-n2cc(C3COC3)nn2)cc1. The van der Waals surface area contributed by atoms with Gasteiger partial charge in [-0.2, -0.15) is 0 Å². The predicted octanol–water partition coefficient (Wildman–Crippen LogP) is 3.56. The van der Waals surface area contributed by atoms with Crippen molar-refractivity contribution in [3.05, 3.63) is 59.5 Å². The van der Waals surface area contributed by atoms with Crippen molar-refractivity contribution in [2.75, 3.05) is 18.5 Å². The first kappa shape index (κ1) is 16.3. The summed E-state index contributed by atoms with van der Waals surface area (Å²) in [4.78, 5) is 9.68. The zero-order chi connectivity index (χ0) is 18.2. The molecule has 1 N–H and O–H groups in total. The number of ether oxygens (including phenoxy) is 1. The predicted molar refractivity (Wildman–Crippen MR) is 104 cm³/mol. The molecule has 4 heterocycles. The summed E-state index contributed by atoms with van der Waals surface area (Å²) in [7, 11) is 0. The van der Waals surface area contributed by atoms with Crippen LogP contribution in [0.5, 0.6) is 0 Å². The minimum Gasteiger partial charge on any atom is -0.380 e. The van der Waals surface area contributed by atoms with E-state index in [1.807, 2.05) is 22.3 Å². The maximum Gasteiger partial charge on any atom is 0.138 e. The van der Waals surface area contributed by atoms with Gasteiger partial charge in [0.25, 0.3) is 0 Å². The van der Waals surface area contributed by atoms with Gasteiger partial charge < -0.3 is 10.1 Å². The molecule has 0 bridgehead atoms. The lowest BCUT2D eigenvalue weighted by Gasteiger charge is -2.23. The molecule has 27 heavy (non-hydrogen) atoms. The van der Waals surface area contributed by atoms with Crippen LogP contribution < -0.4 is 5.32 Å². The quantitative estimate of drug-likeness (QED) is 0.572. The summed E-state index contributed by atoms with van der Waals surface area (Å²) in [5.41, 5.74) is 3.16. The summed E-state index contributed by atoms with van der Waals surface area (Å²) in [6.07, 6.45) is 3.59. The highest BCUT2D eigenvalue weighted by atomic mass is 32.1. The first-order valence-corrected chi connectivity index (χ1v) is 9.71. The fourth-order valence-electron chi connectivity index (χ4n) is 3.11. The Labute approximate surface area is 160 Å². The van der Waals surface area contributed by atoms with Gasteiger partial charge in [-0.15, -0.1) is 16.4 Å². The van der Waals surface area contributed by atoms with Crippen LogP contribution in [0.25, 0.3) is 15.9 Å². The lowest BCUT2D eigenvalue weighted by Crippen LogP contribution is -2.25. The lowest BCUT2D eigenvalue weighted by atomic mass is 10.1. The van der Waals surface area contributed by atoms with Crippen LogP contribution in [0.1, 0.15) is 30.1 Å². The minimum absolute atomic E-state index is 0.121. The Morgan fingerprint density at radius 1 is 1.19 bits per heavy atom. The maximum atomic E-state index is 5.22. The minimum atomic E-state index is 0.121. The summed E-state index contributed by atoms with van der Waals surface area (Å²) < 4.78 is 7.04. The highest BCUT2D eigenvalue weighted by molar-refractivity contribution is 7.16. The summed E-state index contributed by atoms with van der Waals surface area (Å²) >= 11 is 1.62. The molecule has 8 heteroatoms. The van der Waals surface area contributed by atoms with Crippen molar-refractivity contribution in [2.45, 2.75) is 18.9 Å². The second-order valence-corrected chi connectivity index (χ2v) is 7.54. The van der Waals surface area contributed by atoms with E-state index in [4.69, 9.17) is 4.74 Å².